The molecule has 1 N–H and O–H groups in total. The van der Waals surface area contributed by atoms with Crippen molar-refractivity contribution in [3.05, 3.63) is 0 Å². The van der Waals surface area contributed by atoms with Crippen molar-refractivity contribution < 1.29 is 9.53 Å². The normalized spacial score (nSPS) is 43.9. The van der Waals surface area contributed by atoms with E-state index in [1.165, 1.54) is 0 Å². The second-order valence-electron chi connectivity index (χ2n) is 4.88. The molecular formula is C10H17NO2. The SMILES string of the molecule is CC(=O)NC(C)C12COC(C)(C1)C2. The lowest BCUT2D eigenvalue weighted by Crippen LogP contribution is -2.53. The molecule has 2 saturated heterocycles. The highest BCUT2D eigenvalue weighted by Crippen LogP contribution is 2.59. The maximum Gasteiger partial charge on any atom is 0.217 e. The summed E-state index contributed by atoms with van der Waals surface area (Å²) in [5.74, 6) is 0.0578. The summed E-state index contributed by atoms with van der Waals surface area (Å²) in [6, 6.07) is 0.251. The van der Waals surface area contributed by atoms with Gasteiger partial charge in [-0.2, -0.15) is 0 Å². The lowest BCUT2D eigenvalue weighted by Gasteiger charge is -2.46. The number of rotatable bonds is 2. The molecule has 3 heteroatoms. The molecule has 3 aliphatic rings. The highest BCUT2D eigenvalue weighted by molar-refractivity contribution is 5.73. The van der Waals surface area contributed by atoms with Crippen molar-refractivity contribution in [3.63, 3.8) is 0 Å². The summed E-state index contributed by atoms with van der Waals surface area (Å²) in [5.41, 5.74) is 0.354. The molecule has 2 aliphatic heterocycles. The van der Waals surface area contributed by atoms with Crippen molar-refractivity contribution in [3.8, 4) is 0 Å². The number of fused-ring (bicyclic) bond motifs is 1. The van der Waals surface area contributed by atoms with Crippen molar-refractivity contribution in [1.82, 2.24) is 5.32 Å². The molecule has 0 aromatic rings. The van der Waals surface area contributed by atoms with Gasteiger partial charge in [0.2, 0.25) is 5.91 Å². The van der Waals surface area contributed by atoms with Crippen LogP contribution >= 0.6 is 0 Å². The molecule has 1 aliphatic carbocycles. The first-order valence-electron chi connectivity index (χ1n) is 4.87. The van der Waals surface area contributed by atoms with Gasteiger partial charge in [0, 0.05) is 18.4 Å². The number of carbonyl (C=O) groups is 1. The Bertz CT molecular complexity index is 243. The largest absolute Gasteiger partial charge is 0.375 e. The zero-order chi connectivity index (χ0) is 9.69. The summed E-state index contributed by atoms with van der Waals surface area (Å²) < 4.78 is 5.67. The summed E-state index contributed by atoms with van der Waals surface area (Å²) >= 11 is 0. The minimum absolute atomic E-state index is 0.0578. The molecule has 3 nitrogen and oxygen atoms in total. The summed E-state index contributed by atoms with van der Waals surface area (Å²) in [5, 5.41) is 2.96. The van der Waals surface area contributed by atoms with E-state index in [9.17, 15) is 4.79 Å². The Hall–Kier alpha value is -0.570. The molecule has 0 spiro atoms. The standard InChI is InChI=1S/C10H17NO2/c1-7(11-8(2)12)10-4-9(3,5-10)13-6-10/h7H,4-6H2,1-3H3,(H,11,12). The van der Waals surface area contributed by atoms with Crippen molar-refractivity contribution in [2.45, 2.75) is 45.3 Å². The van der Waals surface area contributed by atoms with Crippen molar-refractivity contribution in [1.29, 1.82) is 0 Å². The van der Waals surface area contributed by atoms with E-state index in [-0.39, 0.29) is 23.0 Å². The molecule has 1 atom stereocenters. The Morgan fingerprint density at radius 2 is 2.15 bits per heavy atom. The van der Waals surface area contributed by atoms with E-state index >= 15 is 0 Å². The first-order chi connectivity index (χ1) is 5.96. The van der Waals surface area contributed by atoms with E-state index in [0.717, 1.165) is 19.4 Å². The van der Waals surface area contributed by atoms with Crippen LogP contribution in [0, 0.1) is 5.41 Å². The first kappa shape index (κ1) is 9.00. The van der Waals surface area contributed by atoms with Gasteiger partial charge in [-0.3, -0.25) is 4.79 Å². The van der Waals surface area contributed by atoms with Gasteiger partial charge in [-0.15, -0.1) is 0 Å². The molecular weight excluding hydrogens is 166 g/mol. The van der Waals surface area contributed by atoms with Crippen LogP contribution in [0.3, 0.4) is 0 Å². The summed E-state index contributed by atoms with van der Waals surface area (Å²) in [6.45, 7) is 6.61. The molecule has 0 radical (unpaired) electrons. The fourth-order valence-corrected chi connectivity index (χ4v) is 2.85. The number of amides is 1. The number of carbonyl (C=O) groups excluding carboxylic acids is 1. The Kier molecular flexibility index (Phi) is 1.71. The topological polar surface area (TPSA) is 38.3 Å². The fourth-order valence-electron chi connectivity index (χ4n) is 2.85. The smallest absolute Gasteiger partial charge is 0.217 e. The van der Waals surface area contributed by atoms with Crippen LogP contribution in [0.2, 0.25) is 0 Å². The van der Waals surface area contributed by atoms with Gasteiger partial charge in [-0.05, 0) is 26.7 Å². The third-order valence-corrected chi connectivity index (χ3v) is 3.50. The predicted molar refractivity (Wildman–Crippen MR) is 49.3 cm³/mol. The molecule has 0 aromatic carbocycles. The van der Waals surface area contributed by atoms with Gasteiger partial charge in [0.15, 0.2) is 0 Å². The van der Waals surface area contributed by atoms with Crippen molar-refractivity contribution in [2.24, 2.45) is 5.41 Å². The lowest BCUT2D eigenvalue weighted by molar-refractivity contribution is -0.121. The first-order valence-corrected chi connectivity index (χ1v) is 4.87. The van der Waals surface area contributed by atoms with Gasteiger partial charge in [0.25, 0.3) is 0 Å². The maximum atomic E-state index is 10.9. The summed E-state index contributed by atoms with van der Waals surface area (Å²) in [4.78, 5) is 10.9. The van der Waals surface area contributed by atoms with Crippen LogP contribution in [0.25, 0.3) is 0 Å². The molecule has 1 unspecified atom stereocenters. The van der Waals surface area contributed by atoms with Crippen LogP contribution in [-0.4, -0.2) is 24.2 Å². The average Bonchev–Trinajstić information content (AvgIpc) is 2.40. The van der Waals surface area contributed by atoms with E-state index in [0.29, 0.717) is 0 Å². The fraction of sp³-hybridized carbons (Fsp3) is 0.900. The van der Waals surface area contributed by atoms with Crippen LogP contribution < -0.4 is 5.32 Å². The molecule has 1 amide bonds. The van der Waals surface area contributed by atoms with Crippen molar-refractivity contribution in [2.75, 3.05) is 6.61 Å². The molecule has 2 heterocycles. The van der Waals surface area contributed by atoms with E-state index in [2.05, 4.69) is 19.2 Å². The maximum absolute atomic E-state index is 10.9. The van der Waals surface area contributed by atoms with E-state index in [1.807, 2.05) is 0 Å². The predicted octanol–water partition coefficient (Wildman–Crippen LogP) is 1.08. The monoisotopic (exact) mass is 183 g/mol. The van der Waals surface area contributed by atoms with Crippen LogP contribution in [0.5, 0.6) is 0 Å². The van der Waals surface area contributed by atoms with Crippen LogP contribution in [-0.2, 0) is 9.53 Å². The Morgan fingerprint density at radius 3 is 2.54 bits per heavy atom. The molecule has 2 bridgehead atoms. The number of hydrogen-bond acceptors (Lipinski definition) is 2. The Morgan fingerprint density at radius 1 is 1.54 bits per heavy atom. The second kappa shape index (κ2) is 2.47. The van der Waals surface area contributed by atoms with E-state index in [1.54, 1.807) is 6.92 Å². The molecule has 3 rings (SSSR count). The number of ether oxygens (including phenoxy) is 1. The summed E-state index contributed by atoms with van der Waals surface area (Å²) in [6.07, 6.45) is 2.20. The molecule has 3 fully saturated rings. The average molecular weight is 183 g/mol. The van der Waals surface area contributed by atoms with Gasteiger partial charge in [0.1, 0.15) is 0 Å². The van der Waals surface area contributed by atoms with Gasteiger partial charge < -0.3 is 10.1 Å². The second-order valence-corrected chi connectivity index (χ2v) is 4.88. The quantitative estimate of drug-likeness (QED) is 0.695. The zero-order valence-electron chi connectivity index (χ0n) is 8.52. The van der Waals surface area contributed by atoms with Gasteiger partial charge in [-0.25, -0.2) is 0 Å². The number of nitrogens with one attached hydrogen (secondary N) is 1. The molecule has 0 aromatic heterocycles. The minimum atomic E-state index is 0.0578. The van der Waals surface area contributed by atoms with Gasteiger partial charge in [-0.1, -0.05) is 0 Å². The van der Waals surface area contributed by atoms with E-state index in [4.69, 9.17) is 4.74 Å². The Balaban J connectivity index is 1.99. The third kappa shape index (κ3) is 1.26. The van der Waals surface area contributed by atoms with Crippen LogP contribution in [0.4, 0.5) is 0 Å². The van der Waals surface area contributed by atoms with Gasteiger partial charge >= 0.3 is 0 Å². The Labute approximate surface area is 78.8 Å². The molecule has 74 valence electrons. The minimum Gasteiger partial charge on any atom is -0.375 e. The zero-order valence-corrected chi connectivity index (χ0v) is 8.52. The number of hydrogen-bond donors (Lipinski definition) is 1. The van der Waals surface area contributed by atoms with Crippen LogP contribution in [0.15, 0.2) is 0 Å². The summed E-state index contributed by atoms with van der Waals surface area (Å²) in [7, 11) is 0. The van der Waals surface area contributed by atoms with Crippen LogP contribution in [0.1, 0.15) is 33.6 Å². The van der Waals surface area contributed by atoms with E-state index < -0.39 is 0 Å². The molecule has 13 heavy (non-hydrogen) atoms. The highest BCUT2D eigenvalue weighted by Gasteiger charge is 2.62. The van der Waals surface area contributed by atoms with Gasteiger partial charge in [0.05, 0.1) is 12.2 Å². The third-order valence-electron chi connectivity index (χ3n) is 3.50. The highest BCUT2D eigenvalue weighted by atomic mass is 16.5. The van der Waals surface area contributed by atoms with Crippen molar-refractivity contribution >= 4 is 5.91 Å². The lowest BCUT2D eigenvalue weighted by atomic mass is 9.60. The molecule has 1 saturated carbocycles.